The lowest BCUT2D eigenvalue weighted by Crippen LogP contribution is -1.96. The van der Waals surface area contributed by atoms with Crippen LogP contribution < -0.4 is 10.0 Å². The molecule has 122 valence electrons. The second-order valence-electron chi connectivity index (χ2n) is 5.85. The highest BCUT2D eigenvalue weighted by atomic mass is 32.2. The summed E-state index contributed by atoms with van der Waals surface area (Å²) in [6.45, 7) is 0.910. The van der Waals surface area contributed by atoms with Crippen LogP contribution in [0.4, 0.5) is 11.6 Å². The molecular weight excluding hydrogens is 330 g/mol. The minimum Gasteiger partial charge on any atom is -0.323 e. The average Bonchev–Trinajstić information content (AvgIpc) is 3.27. The van der Waals surface area contributed by atoms with Crippen molar-refractivity contribution in [3.05, 3.63) is 72.3 Å². The molecule has 3 heterocycles. The van der Waals surface area contributed by atoms with Crippen molar-refractivity contribution in [3.63, 3.8) is 0 Å². The van der Waals surface area contributed by atoms with Crippen LogP contribution in [0.15, 0.2) is 71.6 Å². The molecule has 0 unspecified atom stereocenters. The van der Waals surface area contributed by atoms with Gasteiger partial charge in [0.25, 0.3) is 0 Å². The third kappa shape index (κ3) is 2.65. The number of rotatable bonds is 3. The third-order valence-electron chi connectivity index (χ3n) is 4.20. The van der Waals surface area contributed by atoms with Crippen LogP contribution in [0.1, 0.15) is 5.56 Å². The van der Waals surface area contributed by atoms with E-state index in [4.69, 9.17) is 0 Å². The number of nitrogens with zero attached hydrogens (tertiary/aromatic N) is 3. The molecule has 1 aliphatic rings. The fourth-order valence-electron chi connectivity index (χ4n) is 2.98. The number of pyridine rings is 1. The standard InChI is InChI=1S/C19H15N5S/c1-2-5-13(6-3-1)16-7-4-8-18-22-19(23-24(16)18)21-15-10-9-14-12-20-25-17(14)11-15/h1-11,20H,12H2,(H,21,23). The summed E-state index contributed by atoms with van der Waals surface area (Å²) in [7, 11) is 0. The predicted molar refractivity (Wildman–Crippen MR) is 101 cm³/mol. The molecule has 0 aliphatic carbocycles. The van der Waals surface area contributed by atoms with E-state index >= 15 is 0 Å². The fourth-order valence-corrected chi connectivity index (χ4v) is 3.82. The Balaban J connectivity index is 1.53. The highest BCUT2D eigenvalue weighted by molar-refractivity contribution is 7.97. The van der Waals surface area contributed by atoms with Crippen LogP contribution >= 0.6 is 11.9 Å². The van der Waals surface area contributed by atoms with Crippen molar-refractivity contribution in [1.29, 1.82) is 0 Å². The van der Waals surface area contributed by atoms with Crippen LogP contribution in [0.25, 0.3) is 16.9 Å². The second-order valence-corrected chi connectivity index (χ2v) is 6.79. The van der Waals surface area contributed by atoms with Crippen molar-refractivity contribution in [2.24, 2.45) is 0 Å². The van der Waals surface area contributed by atoms with E-state index in [1.165, 1.54) is 10.5 Å². The van der Waals surface area contributed by atoms with Gasteiger partial charge in [0, 0.05) is 22.7 Å². The molecule has 0 amide bonds. The van der Waals surface area contributed by atoms with E-state index in [9.17, 15) is 0 Å². The maximum absolute atomic E-state index is 4.65. The van der Waals surface area contributed by atoms with Gasteiger partial charge in [-0.15, -0.1) is 5.10 Å². The Morgan fingerprint density at radius 1 is 1.00 bits per heavy atom. The maximum atomic E-state index is 4.65. The summed E-state index contributed by atoms with van der Waals surface area (Å²) in [4.78, 5) is 5.85. The average molecular weight is 345 g/mol. The zero-order valence-electron chi connectivity index (χ0n) is 13.3. The van der Waals surface area contributed by atoms with Crippen molar-refractivity contribution < 1.29 is 0 Å². The monoisotopic (exact) mass is 345 g/mol. The number of nitrogens with one attached hydrogen (secondary N) is 2. The van der Waals surface area contributed by atoms with Crippen molar-refractivity contribution in [2.75, 3.05) is 5.32 Å². The Kier molecular flexibility index (Phi) is 3.43. The van der Waals surface area contributed by atoms with Crippen LogP contribution in [0, 0.1) is 0 Å². The third-order valence-corrected chi connectivity index (χ3v) is 5.09. The summed E-state index contributed by atoms with van der Waals surface area (Å²) in [6.07, 6.45) is 0. The van der Waals surface area contributed by atoms with Gasteiger partial charge in [0.2, 0.25) is 5.95 Å². The van der Waals surface area contributed by atoms with E-state index < -0.39 is 0 Å². The highest BCUT2D eigenvalue weighted by Crippen LogP contribution is 2.30. The van der Waals surface area contributed by atoms with Gasteiger partial charge in [0.05, 0.1) is 5.69 Å². The van der Waals surface area contributed by atoms with Crippen LogP contribution in [-0.4, -0.2) is 14.6 Å². The van der Waals surface area contributed by atoms with E-state index in [0.29, 0.717) is 5.95 Å². The van der Waals surface area contributed by atoms with E-state index in [-0.39, 0.29) is 0 Å². The smallest absolute Gasteiger partial charge is 0.247 e. The molecule has 0 fully saturated rings. The van der Waals surface area contributed by atoms with Gasteiger partial charge in [-0.05, 0) is 41.8 Å². The summed E-state index contributed by atoms with van der Waals surface area (Å²) < 4.78 is 5.16. The normalized spacial score (nSPS) is 13.1. The molecular formula is C19H15N5S. The van der Waals surface area contributed by atoms with Crippen LogP contribution in [-0.2, 0) is 6.54 Å². The summed E-state index contributed by atoms with van der Waals surface area (Å²) in [5, 5.41) is 7.97. The summed E-state index contributed by atoms with van der Waals surface area (Å²) in [6, 6.07) is 22.6. The molecule has 2 aromatic heterocycles. The number of hydrogen-bond donors (Lipinski definition) is 2. The molecule has 2 N–H and O–H groups in total. The van der Waals surface area contributed by atoms with Gasteiger partial charge in [0.15, 0.2) is 5.65 Å². The molecule has 0 saturated heterocycles. The van der Waals surface area contributed by atoms with Gasteiger partial charge < -0.3 is 5.32 Å². The van der Waals surface area contributed by atoms with Gasteiger partial charge in [-0.1, -0.05) is 42.5 Å². The molecule has 1 aliphatic heterocycles. The number of hydrogen-bond acceptors (Lipinski definition) is 5. The molecule has 5 nitrogen and oxygen atoms in total. The Labute approximate surface area is 149 Å². The Morgan fingerprint density at radius 2 is 1.92 bits per heavy atom. The zero-order chi connectivity index (χ0) is 16.6. The summed E-state index contributed by atoms with van der Waals surface area (Å²) in [5.41, 5.74) is 5.27. The molecule has 0 bridgehead atoms. The molecule has 0 radical (unpaired) electrons. The largest absolute Gasteiger partial charge is 0.323 e. The topological polar surface area (TPSA) is 54.2 Å². The maximum Gasteiger partial charge on any atom is 0.247 e. The number of fused-ring (bicyclic) bond motifs is 2. The molecule has 5 rings (SSSR count). The number of benzene rings is 2. The summed E-state index contributed by atoms with van der Waals surface area (Å²) in [5.74, 6) is 0.597. The first-order valence-corrected chi connectivity index (χ1v) is 8.89. The van der Waals surface area contributed by atoms with Gasteiger partial charge >= 0.3 is 0 Å². The van der Waals surface area contributed by atoms with E-state index in [2.05, 4.69) is 56.5 Å². The molecule has 2 aromatic carbocycles. The van der Waals surface area contributed by atoms with Crippen LogP contribution in [0.2, 0.25) is 0 Å². The van der Waals surface area contributed by atoms with E-state index in [0.717, 1.165) is 29.1 Å². The predicted octanol–water partition coefficient (Wildman–Crippen LogP) is 4.25. The zero-order valence-corrected chi connectivity index (χ0v) is 14.1. The molecule has 0 saturated carbocycles. The minimum atomic E-state index is 0.597. The van der Waals surface area contributed by atoms with Crippen molar-refractivity contribution in [1.82, 2.24) is 19.3 Å². The van der Waals surface area contributed by atoms with E-state index in [1.54, 1.807) is 11.9 Å². The SMILES string of the molecule is c1ccc(-c2cccc3nc(Nc4ccc5c(c4)SNC5)nn23)cc1. The van der Waals surface area contributed by atoms with Crippen molar-refractivity contribution >= 4 is 29.2 Å². The van der Waals surface area contributed by atoms with Gasteiger partial charge in [0.1, 0.15) is 0 Å². The second kappa shape index (κ2) is 5.91. The molecule has 0 spiro atoms. The highest BCUT2D eigenvalue weighted by Gasteiger charge is 2.13. The minimum absolute atomic E-state index is 0.597. The van der Waals surface area contributed by atoms with Crippen molar-refractivity contribution in [3.8, 4) is 11.3 Å². The van der Waals surface area contributed by atoms with E-state index in [1.807, 2.05) is 34.8 Å². The van der Waals surface area contributed by atoms with Gasteiger partial charge in [-0.3, -0.25) is 4.72 Å². The lowest BCUT2D eigenvalue weighted by atomic mass is 10.1. The van der Waals surface area contributed by atoms with Crippen LogP contribution in [0.3, 0.4) is 0 Å². The first-order valence-electron chi connectivity index (χ1n) is 8.08. The van der Waals surface area contributed by atoms with Crippen molar-refractivity contribution in [2.45, 2.75) is 11.4 Å². The quantitative estimate of drug-likeness (QED) is 0.544. The van der Waals surface area contributed by atoms with Crippen LogP contribution in [0.5, 0.6) is 0 Å². The lowest BCUT2D eigenvalue weighted by molar-refractivity contribution is 0.973. The first kappa shape index (κ1) is 14.5. The Morgan fingerprint density at radius 3 is 2.84 bits per heavy atom. The molecule has 25 heavy (non-hydrogen) atoms. The lowest BCUT2D eigenvalue weighted by Gasteiger charge is -2.04. The number of aromatic nitrogens is 3. The Hall–Kier alpha value is -2.83. The fraction of sp³-hybridized carbons (Fsp3) is 0.0526. The first-order chi connectivity index (χ1) is 12.4. The molecule has 4 aromatic rings. The Bertz CT molecular complexity index is 1060. The van der Waals surface area contributed by atoms with Gasteiger partial charge in [-0.25, -0.2) is 4.52 Å². The molecule has 0 atom stereocenters. The molecule has 6 heteroatoms. The summed E-state index contributed by atoms with van der Waals surface area (Å²) >= 11 is 1.66. The number of anilines is 2. The van der Waals surface area contributed by atoms with Gasteiger partial charge in [-0.2, -0.15) is 4.98 Å².